The first kappa shape index (κ1) is 10.6. The molecule has 16 heavy (non-hydrogen) atoms. The molecule has 1 aromatic carbocycles. The highest BCUT2D eigenvalue weighted by Gasteiger charge is 2.20. The smallest absolute Gasteiger partial charge is 0.224 e. The molecule has 0 aromatic heterocycles. The molecule has 84 valence electrons. The summed E-state index contributed by atoms with van der Waals surface area (Å²) in [7, 11) is 1.57. The molecule has 0 fully saturated rings. The van der Waals surface area contributed by atoms with E-state index in [2.05, 4.69) is 10.5 Å². The molecular formula is C11H12N2O3. The van der Waals surface area contributed by atoms with Crippen LogP contribution in [0.2, 0.25) is 0 Å². The van der Waals surface area contributed by atoms with Gasteiger partial charge in [-0.15, -0.1) is 4.91 Å². The van der Waals surface area contributed by atoms with E-state index in [0.29, 0.717) is 24.3 Å². The van der Waals surface area contributed by atoms with Crippen LogP contribution in [0.5, 0.6) is 5.75 Å². The maximum atomic E-state index is 11.4. The first-order valence-corrected chi connectivity index (χ1v) is 5.09. The van der Waals surface area contributed by atoms with Crippen LogP contribution in [-0.4, -0.2) is 13.0 Å². The summed E-state index contributed by atoms with van der Waals surface area (Å²) in [5, 5.41) is 5.62. The third-order valence-corrected chi connectivity index (χ3v) is 2.66. The first-order valence-electron chi connectivity index (χ1n) is 5.09. The van der Waals surface area contributed by atoms with Crippen molar-refractivity contribution in [1.82, 2.24) is 0 Å². The summed E-state index contributed by atoms with van der Waals surface area (Å²) in [5.74, 6) is 0.599. The van der Waals surface area contributed by atoms with Crippen molar-refractivity contribution in [2.45, 2.75) is 19.3 Å². The molecule has 5 heteroatoms. The predicted octanol–water partition coefficient (Wildman–Crippen LogP) is 2.37. The molecule has 1 aliphatic heterocycles. The number of nitroso groups, excluding NO2 is 1. The zero-order valence-corrected chi connectivity index (χ0v) is 8.95. The van der Waals surface area contributed by atoms with Crippen molar-refractivity contribution in [1.29, 1.82) is 0 Å². The normalized spacial score (nSPS) is 14.7. The summed E-state index contributed by atoms with van der Waals surface area (Å²) in [5.41, 5.74) is 1.60. The number of anilines is 1. The van der Waals surface area contributed by atoms with Gasteiger partial charge in [0.05, 0.1) is 12.8 Å². The van der Waals surface area contributed by atoms with Gasteiger partial charge < -0.3 is 10.1 Å². The molecule has 1 aliphatic rings. The van der Waals surface area contributed by atoms with Gasteiger partial charge in [-0.25, -0.2) is 0 Å². The third kappa shape index (κ3) is 1.76. The molecule has 0 saturated carbocycles. The zero-order valence-electron chi connectivity index (χ0n) is 8.95. The Balaban J connectivity index is 2.57. The number of rotatable bonds is 2. The van der Waals surface area contributed by atoms with E-state index in [9.17, 15) is 9.70 Å². The highest BCUT2D eigenvalue weighted by atomic mass is 16.5. The van der Waals surface area contributed by atoms with Crippen LogP contribution in [0.15, 0.2) is 17.3 Å². The lowest BCUT2D eigenvalue weighted by molar-refractivity contribution is -0.116. The summed E-state index contributed by atoms with van der Waals surface area (Å²) in [6.45, 7) is 0. The van der Waals surface area contributed by atoms with Crippen LogP contribution in [0.1, 0.15) is 18.4 Å². The van der Waals surface area contributed by atoms with E-state index in [1.807, 2.05) is 0 Å². The Labute approximate surface area is 92.8 Å². The molecule has 0 bridgehead atoms. The quantitative estimate of drug-likeness (QED) is 0.778. The monoisotopic (exact) mass is 220 g/mol. The number of carbonyl (C=O) groups is 1. The molecular weight excluding hydrogens is 208 g/mol. The summed E-state index contributed by atoms with van der Waals surface area (Å²) >= 11 is 0. The van der Waals surface area contributed by atoms with Crippen molar-refractivity contribution in [2.75, 3.05) is 12.4 Å². The van der Waals surface area contributed by atoms with E-state index in [0.717, 1.165) is 12.0 Å². The molecule has 1 heterocycles. The highest BCUT2D eigenvalue weighted by Crippen LogP contribution is 2.37. The number of benzene rings is 1. The average molecular weight is 220 g/mol. The van der Waals surface area contributed by atoms with Crippen molar-refractivity contribution in [3.8, 4) is 5.75 Å². The van der Waals surface area contributed by atoms with E-state index < -0.39 is 0 Å². The Bertz CT molecular complexity index is 443. The van der Waals surface area contributed by atoms with Gasteiger partial charge in [0.25, 0.3) is 0 Å². The minimum atomic E-state index is -0.0862. The van der Waals surface area contributed by atoms with Gasteiger partial charge in [-0.2, -0.15) is 0 Å². The van der Waals surface area contributed by atoms with Crippen LogP contribution in [0.25, 0.3) is 0 Å². The topological polar surface area (TPSA) is 67.8 Å². The fourth-order valence-electron chi connectivity index (χ4n) is 1.90. The molecule has 0 saturated heterocycles. The van der Waals surface area contributed by atoms with Gasteiger partial charge in [0.2, 0.25) is 5.91 Å². The van der Waals surface area contributed by atoms with Crippen molar-refractivity contribution >= 4 is 17.3 Å². The van der Waals surface area contributed by atoms with Gasteiger partial charge in [0, 0.05) is 12.0 Å². The lowest BCUT2D eigenvalue weighted by atomic mass is 10.1. The maximum absolute atomic E-state index is 11.4. The van der Waals surface area contributed by atoms with E-state index in [-0.39, 0.29) is 11.6 Å². The van der Waals surface area contributed by atoms with Crippen LogP contribution >= 0.6 is 0 Å². The third-order valence-electron chi connectivity index (χ3n) is 2.66. The van der Waals surface area contributed by atoms with Crippen LogP contribution in [0.3, 0.4) is 0 Å². The summed E-state index contributed by atoms with van der Waals surface area (Å²) in [4.78, 5) is 22.1. The first-order chi connectivity index (χ1) is 7.76. The van der Waals surface area contributed by atoms with Gasteiger partial charge in [-0.3, -0.25) is 4.79 Å². The number of hydrogen-bond donors (Lipinski definition) is 1. The van der Waals surface area contributed by atoms with E-state index in [4.69, 9.17) is 4.74 Å². The van der Waals surface area contributed by atoms with E-state index in [1.165, 1.54) is 0 Å². The maximum Gasteiger partial charge on any atom is 0.224 e. The molecule has 0 spiro atoms. The minimum Gasteiger partial charge on any atom is -0.496 e. The molecule has 1 aromatic rings. The molecule has 0 unspecified atom stereocenters. The summed E-state index contributed by atoms with van der Waals surface area (Å²) in [6.07, 6.45) is 1.91. The number of fused-ring (bicyclic) bond motifs is 1. The Morgan fingerprint density at radius 2 is 2.19 bits per heavy atom. The standard InChI is InChI=1S/C11H12N2O3/c1-16-9-6-5-8(13-15)11-7(9)3-2-4-10(14)12-11/h5-6H,2-4H2,1H3,(H,12,14). The van der Waals surface area contributed by atoms with Gasteiger partial charge in [-0.1, -0.05) is 0 Å². The number of ether oxygens (including phenoxy) is 1. The lowest BCUT2D eigenvalue weighted by Gasteiger charge is -2.12. The minimum absolute atomic E-state index is 0.0862. The van der Waals surface area contributed by atoms with Crippen molar-refractivity contribution in [2.24, 2.45) is 5.18 Å². The molecule has 0 atom stereocenters. The molecule has 1 N–H and O–H groups in total. The van der Waals surface area contributed by atoms with Crippen molar-refractivity contribution in [3.05, 3.63) is 22.6 Å². The predicted molar refractivity (Wildman–Crippen MR) is 60.0 cm³/mol. The second kappa shape index (κ2) is 4.30. The van der Waals surface area contributed by atoms with Crippen LogP contribution in [-0.2, 0) is 11.2 Å². The number of carbonyl (C=O) groups excluding carboxylic acids is 1. The van der Waals surface area contributed by atoms with Crippen molar-refractivity contribution in [3.63, 3.8) is 0 Å². The van der Waals surface area contributed by atoms with Gasteiger partial charge in [0.1, 0.15) is 11.4 Å². The van der Waals surface area contributed by atoms with Crippen LogP contribution < -0.4 is 10.1 Å². The Hall–Kier alpha value is -1.91. The van der Waals surface area contributed by atoms with Crippen LogP contribution in [0, 0.1) is 4.91 Å². The second-order valence-electron chi connectivity index (χ2n) is 3.63. The largest absolute Gasteiger partial charge is 0.496 e. The number of nitrogens with one attached hydrogen (secondary N) is 1. The fourth-order valence-corrected chi connectivity index (χ4v) is 1.90. The second-order valence-corrected chi connectivity index (χ2v) is 3.63. The summed E-state index contributed by atoms with van der Waals surface area (Å²) in [6, 6.07) is 3.25. The Morgan fingerprint density at radius 1 is 1.38 bits per heavy atom. The van der Waals surface area contributed by atoms with Gasteiger partial charge >= 0.3 is 0 Å². The number of methoxy groups -OCH3 is 1. The number of amides is 1. The van der Waals surface area contributed by atoms with Crippen LogP contribution in [0.4, 0.5) is 11.4 Å². The van der Waals surface area contributed by atoms with Gasteiger partial charge in [-0.05, 0) is 30.2 Å². The molecule has 5 nitrogen and oxygen atoms in total. The number of nitrogens with zero attached hydrogens (tertiary/aromatic N) is 1. The average Bonchev–Trinajstić information content (AvgIpc) is 2.49. The molecule has 0 radical (unpaired) electrons. The highest BCUT2D eigenvalue weighted by molar-refractivity contribution is 5.96. The number of hydrogen-bond acceptors (Lipinski definition) is 4. The SMILES string of the molecule is COc1ccc(N=O)c2c1CCCC(=O)N2. The summed E-state index contributed by atoms with van der Waals surface area (Å²) < 4.78 is 5.21. The van der Waals surface area contributed by atoms with E-state index >= 15 is 0 Å². The zero-order chi connectivity index (χ0) is 11.5. The Morgan fingerprint density at radius 3 is 2.88 bits per heavy atom. The van der Waals surface area contributed by atoms with E-state index in [1.54, 1.807) is 19.2 Å². The molecule has 2 rings (SSSR count). The lowest BCUT2D eigenvalue weighted by Crippen LogP contribution is -2.09. The molecule has 0 aliphatic carbocycles. The Kier molecular flexibility index (Phi) is 2.85. The van der Waals surface area contributed by atoms with Crippen molar-refractivity contribution < 1.29 is 9.53 Å². The molecule has 1 amide bonds. The fraction of sp³-hybridized carbons (Fsp3) is 0.364. The van der Waals surface area contributed by atoms with Gasteiger partial charge in [0.15, 0.2) is 0 Å².